The van der Waals surface area contributed by atoms with E-state index in [1.165, 1.54) is 11.8 Å². The zero-order valence-corrected chi connectivity index (χ0v) is 24.4. The topological polar surface area (TPSA) is 71.0 Å². The van der Waals surface area contributed by atoms with Gasteiger partial charge in [-0.15, -0.1) is 0 Å². The van der Waals surface area contributed by atoms with Crippen LogP contribution in [-0.2, 0) is 9.59 Å². The number of nitrogens with zero attached hydrogens (tertiary/aromatic N) is 2. The molecule has 0 bridgehead atoms. The zero-order chi connectivity index (χ0) is 28.9. The highest BCUT2D eigenvalue weighted by Crippen LogP contribution is 2.39. The van der Waals surface area contributed by atoms with Gasteiger partial charge >= 0.3 is 0 Å². The van der Waals surface area contributed by atoms with Gasteiger partial charge in [-0.05, 0) is 98.8 Å². The predicted molar refractivity (Wildman–Crippen MR) is 169 cm³/mol. The van der Waals surface area contributed by atoms with Crippen LogP contribution in [0, 0.1) is 20.8 Å². The number of anilines is 2. The molecule has 1 aliphatic heterocycles. The molecule has 8 heteroatoms. The third-order valence-electron chi connectivity index (χ3n) is 6.28. The molecular formula is C33H28ClN3O3S. The highest BCUT2D eigenvalue weighted by molar-refractivity contribution is 8.19. The van der Waals surface area contributed by atoms with E-state index in [2.05, 4.69) is 5.32 Å². The number of benzene rings is 4. The molecule has 1 saturated heterocycles. The molecule has 0 radical (unpaired) electrons. The second kappa shape index (κ2) is 12.5. The minimum Gasteiger partial charge on any atom is -0.483 e. The average Bonchev–Trinajstić information content (AvgIpc) is 3.24. The lowest BCUT2D eigenvalue weighted by Crippen LogP contribution is -2.28. The Kier molecular flexibility index (Phi) is 8.57. The van der Waals surface area contributed by atoms with E-state index in [0.717, 1.165) is 28.1 Å². The Morgan fingerprint density at radius 3 is 2.34 bits per heavy atom. The molecule has 0 aliphatic carbocycles. The SMILES string of the molecule is Cc1ccc(N=C2S/C(=C\c3cc(Cl)ccc3OCC(=O)Nc3cccc(C)c3)C(=O)N2c2ccc(C)cc2)cc1. The monoisotopic (exact) mass is 581 g/mol. The Hall–Kier alpha value is -4.33. The molecule has 1 fully saturated rings. The maximum Gasteiger partial charge on any atom is 0.271 e. The highest BCUT2D eigenvalue weighted by atomic mass is 35.5. The van der Waals surface area contributed by atoms with Gasteiger partial charge in [0.15, 0.2) is 11.8 Å². The van der Waals surface area contributed by atoms with E-state index in [1.807, 2.05) is 93.6 Å². The molecule has 0 spiro atoms. The second-order valence-electron chi connectivity index (χ2n) is 9.71. The van der Waals surface area contributed by atoms with Crippen LogP contribution in [0.15, 0.2) is 101 Å². The van der Waals surface area contributed by atoms with Crippen LogP contribution >= 0.6 is 23.4 Å². The number of amidine groups is 1. The molecule has 0 saturated carbocycles. The third kappa shape index (κ3) is 7.06. The molecule has 0 unspecified atom stereocenters. The van der Waals surface area contributed by atoms with Crippen molar-refractivity contribution in [1.29, 1.82) is 0 Å². The van der Waals surface area contributed by atoms with Gasteiger partial charge in [-0.3, -0.25) is 14.5 Å². The quantitative estimate of drug-likeness (QED) is 0.224. The first-order valence-corrected chi connectivity index (χ1v) is 14.2. The van der Waals surface area contributed by atoms with E-state index in [9.17, 15) is 9.59 Å². The normalized spacial score (nSPS) is 15.0. The Morgan fingerprint density at radius 2 is 1.63 bits per heavy atom. The summed E-state index contributed by atoms with van der Waals surface area (Å²) in [7, 11) is 0. The summed E-state index contributed by atoms with van der Waals surface area (Å²) in [5, 5.41) is 3.86. The Balaban J connectivity index is 1.43. The lowest BCUT2D eigenvalue weighted by atomic mass is 10.1. The van der Waals surface area contributed by atoms with Gasteiger partial charge in [0.05, 0.1) is 16.3 Å². The van der Waals surface area contributed by atoms with Crippen molar-refractivity contribution in [2.45, 2.75) is 20.8 Å². The van der Waals surface area contributed by atoms with Gasteiger partial charge in [-0.25, -0.2) is 4.99 Å². The van der Waals surface area contributed by atoms with Crippen molar-refractivity contribution in [2.75, 3.05) is 16.8 Å². The number of aryl methyl sites for hydroxylation is 3. The molecule has 1 aliphatic rings. The van der Waals surface area contributed by atoms with Crippen LogP contribution in [0.3, 0.4) is 0 Å². The number of amides is 2. The van der Waals surface area contributed by atoms with Gasteiger partial charge in [-0.2, -0.15) is 0 Å². The molecule has 1 N–H and O–H groups in total. The van der Waals surface area contributed by atoms with Crippen LogP contribution in [0.1, 0.15) is 22.3 Å². The van der Waals surface area contributed by atoms with Gasteiger partial charge < -0.3 is 10.1 Å². The smallest absolute Gasteiger partial charge is 0.271 e. The van der Waals surface area contributed by atoms with Crippen LogP contribution in [-0.4, -0.2) is 23.6 Å². The summed E-state index contributed by atoms with van der Waals surface area (Å²) >= 11 is 7.59. The van der Waals surface area contributed by atoms with Crippen LogP contribution in [0.2, 0.25) is 5.02 Å². The zero-order valence-electron chi connectivity index (χ0n) is 22.9. The molecular weight excluding hydrogens is 554 g/mol. The molecule has 4 aromatic carbocycles. The summed E-state index contributed by atoms with van der Waals surface area (Å²) in [4.78, 5) is 33.2. The molecule has 4 aromatic rings. The Bertz CT molecular complexity index is 1660. The fourth-order valence-electron chi connectivity index (χ4n) is 4.17. The lowest BCUT2D eigenvalue weighted by Gasteiger charge is -2.16. The molecule has 1 heterocycles. The number of hydrogen-bond acceptors (Lipinski definition) is 5. The fraction of sp³-hybridized carbons (Fsp3) is 0.121. The largest absolute Gasteiger partial charge is 0.483 e. The van der Waals surface area contributed by atoms with E-state index in [-0.39, 0.29) is 18.4 Å². The van der Waals surface area contributed by atoms with Crippen LogP contribution in [0.25, 0.3) is 6.08 Å². The number of aliphatic imine (C=N–C) groups is 1. The number of hydrogen-bond donors (Lipinski definition) is 1. The molecule has 41 heavy (non-hydrogen) atoms. The van der Waals surface area contributed by atoms with Crippen molar-refractivity contribution < 1.29 is 14.3 Å². The van der Waals surface area contributed by atoms with E-state index in [1.54, 1.807) is 29.2 Å². The van der Waals surface area contributed by atoms with Crippen LogP contribution < -0.4 is 15.0 Å². The minimum atomic E-state index is -0.298. The first kappa shape index (κ1) is 28.2. The Morgan fingerprint density at radius 1 is 0.927 bits per heavy atom. The van der Waals surface area contributed by atoms with Crippen molar-refractivity contribution in [3.8, 4) is 5.75 Å². The lowest BCUT2D eigenvalue weighted by molar-refractivity contribution is -0.118. The van der Waals surface area contributed by atoms with Crippen molar-refractivity contribution in [3.63, 3.8) is 0 Å². The number of nitrogens with one attached hydrogen (secondary N) is 1. The molecule has 5 rings (SSSR count). The van der Waals surface area contributed by atoms with Gasteiger partial charge in [0.2, 0.25) is 0 Å². The van der Waals surface area contributed by atoms with E-state index in [4.69, 9.17) is 21.3 Å². The number of halogens is 1. The maximum absolute atomic E-state index is 13.8. The third-order valence-corrected chi connectivity index (χ3v) is 7.48. The van der Waals surface area contributed by atoms with Gasteiger partial charge in [0.25, 0.3) is 11.8 Å². The number of carbonyl (C=O) groups is 2. The van der Waals surface area contributed by atoms with Gasteiger partial charge in [0, 0.05) is 16.3 Å². The molecule has 0 aromatic heterocycles. The van der Waals surface area contributed by atoms with E-state index < -0.39 is 0 Å². The maximum atomic E-state index is 13.8. The molecule has 206 valence electrons. The van der Waals surface area contributed by atoms with E-state index >= 15 is 0 Å². The standard InChI is InChI=1S/C33H28ClN3O3S/c1-21-7-12-26(13-8-21)36-33-37(28-14-9-22(2)10-15-28)32(39)30(41-33)19-24-18-25(34)11-16-29(24)40-20-31(38)35-27-6-4-5-23(3)17-27/h4-19H,20H2,1-3H3,(H,35,38)/b30-19-,36-33?. The summed E-state index contributed by atoms with van der Waals surface area (Å²) in [5.74, 6) is -0.0816. The second-order valence-corrected chi connectivity index (χ2v) is 11.2. The Labute approximate surface area is 248 Å². The molecule has 2 amide bonds. The highest BCUT2D eigenvalue weighted by Gasteiger charge is 2.35. The predicted octanol–water partition coefficient (Wildman–Crippen LogP) is 8.09. The van der Waals surface area contributed by atoms with Gasteiger partial charge in [0.1, 0.15) is 5.75 Å². The van der Waals surface area contributed by atoms with Crippen molar-refractivity contribution >= 4 is 63.5 Å². The van der Waals surface area contributed by atoms with E-state index in [0.29, 0.717) is 32.1 Å². The van der Waals surface area contributed by atoms with Crippen molar-refractivity contribution in [1.82, 2.24) is 0 Å². The first-order chi connectivity index (χ1) is 19.7. The molecule has 6 nitrogen and oxygen atoms in total. The summed E-state index contributed by atoms with van der Waals surface area (Å²) in [6, 6.07) is 28.2. The number of ether oxygens (including phenoxy) is 1. The fourth-order valence-corrected chi connectivity index (χ4v) is 5.34. The number of carbonyl (C=O) groups excluding carboxylic acids is 2. The number of rotatable bonds is 7. The minimum absolute atomic E-state index is 0.206. The summed E-state index contributed by atoms with van der Waals surface area (Å²) < 4.78 is 5.88. The number of thioether (sulfide) groups is 1. The first-order valence-electron chi connectivity index (χ1n) is 13.0. The molecule has 0 atom stereocenters. The summed E-state index contributed by atoms with van der Waals surface area (Å²) in [6.07, 6.45) is 1.73. The van der Waals surface area contributed by atoms with Crippen molar-refractivity contribution in [3.05, 3.63) is 123 Å². The summed E-state index contributed by atoms with van der Waals surface area (Å²) in [5.41, 5.74) is 6.00. The van der Waals surface area contributed by atoms with Crippen LogP contribution in [0.4, 0.5) is 17.1 Å². The summed E-state index contributed by atoms with van der Waals surface area (Å²) in [6.45, 7) is 5.77. The van der Waals surface area contributed by atoms with Crippen molar-refractivity contribution in [2.24, 2.45) is 4.99 Å². The van der Waals surface area contributed by atoms with Gasteiger partial charge in [-0.1, -0.05) is 59.1 Å². The average molecular weight is 582 g/mol. The van der Waals surface area contributed by atoms with Crippen LogP contribution in [0.5, 0.6) is 5.75 Å².